The molecule has 0 aromatic heterocycles. The number of hydrogen-bond donors (Lipinski definition) is 1. The fourth-order valence-electron chi connectivity index (χ4n) is 1.65. The Hall–Kier alpha value is -0.510. The van der Waals surface area contributed by atoms with Crippen LogP contribution in [-0.4, -0.2) is 26.0 Å². The number of hydrogen-bond acceptors (Lipinski definition) is 3. The summed E-state index contributed by atoms with van der Waals surface area (Å²) in [6, 6.07) is 8.87. The first-order valence-corrected chi connectivity index (χ1v) is 7.76. The molecule has 1 rings (SSSR count). The van der Waals surface area contributed by atoms with Gasteiger partial charge in [0.1, 0.15) is 0 Å². The predicted molar refractivity (Wildman–Crippen MR) is 80.3 cm³/mol. The SMILES string of the molecule is CCCCCSc1ccc(CNCCOC)cc1. The van der Waals surface area contributed by atoms with E-state index in [1.165, 1.54) is 35.5 Å². The summed E-state index contributed by atoms with van der Waals surface area (Å²) in [5, 5.41) is 3.35. The van der Waals surface area contributed by atoms with Crippen molar-refractivity contribution in [2.24, 2.45) is 0 Å². The lowest BCUT2D eigenvalue weighted by Gasteiger charge is -2.06. The van der Waals surface area contributed by atoms with Gasteiger partial charge in [-0.15, -0.1) is 11.8 Å². The molecule has 0 aliphatic carbocycles. The fraction of sp³-hybridized carbons (Fsp3) is 0.600. The topological polar surface area (TPSA) is 21.3 Å². The molecule has 102 valence electrons. The number of ether oxygens (including phenoxy) is 1. The second-order valence-corrected chi connectivity index (χ2v) is 5.54. The Morgan fingerprint density at radius 1 is 1.17 bits per heavy atom. The molecular formula is C15H25NOS. The molecule has 0 bridgehead atoms. The maximum absolute atomic E-state index is 5.00. The largest absolute Gasteiger partial charge is 0.383 e. The number of methoxy groups -OCH3 is 1. The van der Waals surface area contributed by atoms with Gasteiger partial charge in [-0.1, -0.05) is 31.9 Å². The smallest absolute Gasteiger partial charge is 0.0587 e. The van der Waals surface area contributed by atoms with Crippen molar-refractivity contribution in [3.05, 3.63) is 29.8 Å². The highest BCUT2D eigenvalue weighted by atomic mass is 32.2. The van der Waals surface area contributed by atoms with E-state index in [0.717, 1.165) is 19.7 Å². The number of thioether (sulfide) groups is 1. The molecule has 0 atom stereocenters. The van der Waals surface area contributed by atoms with Crippen LogP contribution in [0, 0.1) is 0 Å². The molecule has 0 saturated carbocycles. The molecule has 1 N–H and O–H groups in total. The summed E-state index contributed by atoms with van der Waals surface area (Å²) in [6.07, 6.45) is 3.96. The zero-order chi connectivity index (χ0) is 13.1. The highest BCUT2D eigenvalue weighted by Gasteiger charge is 1.96. The quantitative estimate of drug-likeness (QED) is 0.516. The number of unbranched alkanes of at least 4 members (excludes halogenated alkanes) is 2. The van der Waals surface area contributed by atoms with E-state index in [2.05, 4.69) is 36.5 Å². The van der Waals surface area contributed by atoms with Crippen LogP contribution >= 0.6 is 11.8 Å². The average Bonchev–Trinajstić information content (AvgIpc) is 2.41. The minimum Gasteiger partial charge on any atom is -0.383 e. The standard InChI is InChI=1S/C15H25NOS/c1-3-4-5-12-18-15-8-6-14(7-9-15)13-16-10-11-17-2/h6-9,16H,3-5,10-13H2,1-2H3. The van der Waals surface area contributed by atoms with Crippen molar-refractivity contribution in [3.63, 3.8) is 0 Å². The molecule has 0 unspecified atom stereocenters. The second kappa shape index (κ2) is 10.4. The first-order valence-electron chi connectivity index (χ1n) is 6.78. The van der Waals surface area contributed by atoms with Crippen molar-refractivity contribution in [1.29, 1.82) is 0 Å². The second-order valence-electron chi connectivity index (χ2n) is 4.37. The molecule has 0 aliphatic heterocycles. The van der Waals surface area contributed by atoms with Crippen LogP contribution < -0.4 is 5.32 Å². The average molecular weight is 267 g/mol. The Morgan fingerprint density at radius 2 is 1.94 bits per heavy atom. The highest BCUT2D eigenvalue weighted by molar-refractivity contribution is 7.99. The monoisotopic (exact) mass is 267 g/mol. The molecule has 0 heterocycles. The van der Waals surface area contributed by atoms with Crippen molar-refractivity contribution >= 4 is 11.8 Å². The summed E-state index contributed by atoms with van der Waals surface area (Å²) in [7, 11) is 1.73. The van der Waals surface area contributed by atoms with E-state index >= 15 is 0 Å². The zero-order valence-corrected chi connectivity index (χ0v) is 12.4. The Bertz CT molecular complexity index is 269. The third-order valence-corrected chi connectivity index (χ3v) is 3.85. The van der Waals surface area contributed by atoms with Crippen LogP contribution in [0.2, 0.25) is 0 Å². The van der Waals surface area contributed by atoms with Crippen molar-refractivity contribution in [2.45, 2.75) is 37.6 Å². The van der Waals surface area contributed by atoms with E-state index in [-0.39, 0.29) is 0 Å². The van der Waals surface area contributed by atoms with Gasteiger partial charge in [0.2, 0.25) is 0 Å². The molecule has 3 heteroatoms. The van der Waals surface area contributed by atoms with Gasteiger partial charge < -0.3 is 10.1 Å². The molecule has 0 saturated heterocycles. The lowest BCUT2D eigenvalue weighted by molar-refractivity contribution is 0.199. The lowest BCUT2D eigenvalue weighted by atomic mass is 10.2. The number of rotatable bonds is 10. The Morgan fingerprint density at radius 3 is 2.61 bits per heavy atom. The predicted octanol–water partition coefficient (Wildman–Crippen LogP) is 3.70. The van der Waals surface area contributed by atoms with E-state index < -0.39 is 0 Å². The summed E-state index contributed by atoms with van der Waals surface area (Å²) < 4.78 is 5.00. The molecule has 2 nitrogen and oxygen atoms in total. The van der Waals surface area contributed by atoms with Crippen LogP contribution in [0.15, 0.2) is 29.2 Å². The van der Waals surface area contributed by atoms with E-state index in [9.17, 15) is 0 Å². The maximum atomic E-state index is 5.00. The molecule has 0 aliphatic rings. The third kappa shape index (κ3) is 7.04. The van der Waals surface area contributed by atoms with Crippen LogP contribution in [-0.2, 0) is 11.3 Å². The third-order valence-electron chi connectivity index (χ3n) is 2.75. The summed E-state index contributed by atoms with van der Waals surface area (Å²) in [4.78, 5) is 1.38. The summed E-state index contributed by atoms with van der Waals surface area (Å²) in [6.45, 7) is 4.84. The van der Waals surface area contributed by atoms with E-state index in [0.29, 0.717) is 0 Å². The normalized spacial score (nSPS) is 10.8. The van der Waals surface area contributed by atoms with Gasteiger partial charge in [-0.2, -0.15) is 0 Å². The Labute approximate surface area is 116 Å². The van der Waals surface area contributed by atoms with Gasteiger partial charge in [0.25, 0.3) is 0 Å². The molecule has 18 heavy (non-hydrogen) atoms. The molecule has 1 aromatic carbocycles. The first kappa shape index (κ1) is 15.5. The van der Waals surface area contributed by atoms with Gasteiger partial charge in [0.05, 0.1) is 6.61 Å². The maximum Gasteiger partial charge on any atom is 0.0587 e. The van der Waals surface area contributed by atoms with Crippen molar-refractivity contribution in [3.8, 4) is 0 Å². The van der Waals surface area contributed by atoms with E-state index in [1.807, 2.05) is 11.8 Å². The highest BCUT2D eigenvalue weighted by Crippen LogP contribution is 2.20. The zero-order valence-electron chi connectivity index (χ0n) is 11.6. The van der Waals surface area contributed by atoms with Gasteiger partial charge in [0.15, 0.2) is 0 Å². The minimum absolute atomic E-state index is 0.769. The van der Waals surface area contributed by atoms with Gasteiger partial charge in [-0.25, -0.2) is 0 Å². The summed E-state index contributed by atoms with van der Waals surface area (Å²) in [5.41, 5.74) is 1.34. The van der Waals surface area contributed by atoms with Crippen molar-refractivity contribution < 1.29 is 4.74 Å². The summed E-state index contributed by atoms with van der Waals surface area (Å²) in [5.74, 6) is 1.24. The Kier molecular flexibility index (Phi) is 9.00. The van der Waals surface area contributed by atoms with Crippen LogP contribution in [0.5, 0.6) is 0 Å². The van der Waals surface area contributed by atoms with E-state index in [1.54, 1.807) is 7.11 Å². The van der Waals surface area contributed by atoms with Gasteiger partial charge in [-0.05, 0) is 29.9 Å². The fourth-order valence-corrected chi connectivity index (χ4v) is 2.57. The molecule has 1 aromatic rings. The van der Waals surface area contributed by atoms with Crippen LogP contribution in [0.25, 0.3) is 0 Å². The number of nitrogens with one attached hydrogen (secondary N) is 1. The molecule has 0 fully saturated rings. The van der Waals surface area contributed by atoms with Crippen LogP contribution in [0.1, 0.15) is 31.7 Å². The molecule has 0 spiro atoms. The number of benzene rings is 1. The van der Waals surface area contributed by atoms with Crippen molar-refractivity contribution in [2.75, 3.05) is 26.0 Å². The molecular weight excluding hydrogens is 242 g/mol. The first-order chi connectivity index (χ1) is 8.86. The van der Waals surface area contributed by atoms with Gasteiger partial charge >= 0.3 is 0 Å². The van der Waals surface area contributed by atoms with Gasteiger partial charge in [-0.3, -0.25) is 0 Å². The molecule has 0 radical (unpaired) electrons. The van der Waals surface area contributed by atoms with Crippen LogP contribution in [0.4, 0.5) is 0 Å². The lowest BCUT2D eigenvalue weighted by Crippen LogP contribution is -2.18. The van der Waals surface area contributed by atoms with Gasteiger partial charge in [0, 0.05) is 25.1 Å². The summed E-state index contributed by atoms with van der Waals surface area (Å²) >= 11 is 1.96. The van der Waals surface area contributed by atoms with Crippen LogP contribution in [0.3, 0.4) is 0 Å². The van der Waals surface area contributed by atoms with Crippen molar-refractivity contribution in [1.82, 2.24) is 5.32 Å². The minimum atomic E-state index is 0.769. The van der Waals surface area contributed by atoms with E-state index in [4.69, 9.17) is 4.74 Å². The Balaban J connectivity index is 2.20. The molecule has 0 amide bonds.